The highest BCUT2D eigenvalue weighted by Gasteiger charge is 2.33. The molecular weight excluding hydrogens is 593 g/mol. The molecule has 0 saturated carbocycles. The highest BCUT2D eigenvalue weighted by Crippen LogP contribution is 2.30. The van der Waals surface area contributed by atoms with Crippen LogP contribution in [0.1, 0.15) is 37.8 Å². The molecule has 0 bridgehead atoms. The van der Waals surface area contributed by atoms with Crippen molar-refractivity contribution in [3.63, 3.8) is 0 Å². The van der Waals surface area contributed by atoms with Crippen LogP contribution in [0.5, 0.6) is 0 Å². The Bertz CT molecular complexity index is 1430. The first kappa shape index (κ1) is 31.7. The standard InChI is InChI=1S/C29H32Cl3N3O4S/c1-4-5-16-33-29(37)21(3)34(18-24-25(30)12-9-13-26(24)31)28(36)19-35(22-15-14-20(2)27(32)17-22)40(38,39)23-10-7-6-8-11-23/h6-15,17,21H,4-5,16,18-19H2,1-3H3,(H,33,37)/t21-/m0/s1. The zero-order chi connectivity index (χ0) is 29.4. The first-order valence-corrected chi connectivity index (χ1v) is 15.4. The lowest BCUT2D eigenvalue weighted by atomic mass is 10.1. The maximum Gasteiger partial charge on any atom is 0.264 e. The molecule has 2 amide bonds. The number of hydrogen-bond donors (Lipinski definition) is 1. The van der Waals surface area contributed by atoms with Gasteiger partial charge in [-0.3, -0.25) is 13.9 Å². The van der Waals surface area contributed by atoms with Crippen LogP contribution in [0.3, 0.4) is 0 Å². The number of rotatable bonds is 12. The Morgan fingerprint density at radius 3 is 2.17 bits per heavy atom. The summed E-state index contributed by atoms with van der Waals surface area (Å²) in [6.07, 6.45) is 1.66. The van der Waals surface area contributed by atoms with Gasteiger partial charge in [0.15, 0.2) is 0 Å². The lowest BCUT2D eigenvalue weighted by Crippen LogP contribution is -2.51. The molecule has 0 aliphatic rings. The number of benzene rings is 3. The maximum atomic E-state index is 14.0. The number of aryl methyl sites for hydroxylation is 1. The number of sulfonamides is 1. The quantitative estimate of drug-likeness (QED) is 0.234. The molecule has 3 aromatic rings. The minimum atomic E-state index is -4.19. The normalized spacial score (nSPS) is 12.1. The third-order valence-electron chi connectivity index (χ3n) is 6.44. The highest BCUT2D eigenvalue weighted by atomic mass is 35.5. The van der Waals surface area contributed by atoms with Gasteiger partial charge in [-0.25, -0.2) is 8.42 Å². The number of amides is 2. The SMILES string of the molecule is CCCCNC(=O)[C@H](C)N(Cc1c(Cl)cccc1Cl)C(=O)CN(c1ccc(C)c(Cl)c1)S(=O)(=O)c1ccccc1. The predicted octanol–water partition coefficient (Wildman–Crippen LogP) is 6.48. The highest BCUT2D eigenvalue weighted by molar-refractivity contribution is 7.92. The first-order chi connectivity index (χ1) is 19.0. The summed E-state index contributed by atoms with van der Waals surface area (Å²) in [6.45, 7) is 5.14. The molecular formula is C29H32Cl3N3O4S. The van der Waals surface area contributed by atoms with Gasteiger partial charge in [-0.1, -0.05) is 78.5 Å². The van der Waals surface area contributed by atoms with Crippen molar-refractivity contribution in [3.05, 3.63) is 92.9 Å². The van der Waals surface area contributed by atoms with Crippen LogP contribution >= 0.6 is 34.8 Å². The van der Waals surface area contributed by atoms with Gasteiger partial charge in [0.2, 0.25) is 11.8 Å². The summed E-state index contributed by atoms with van der Waals surface area (Å²) in [6, 6.07) is 16.6. The van der Waals surface area contributed by atoms with Gasteiger partial charge >= 0.3 is 0 Å². The lowest BCUT2D eigenvalue weighted by Gasteiger charge is -2.32. The molecule has 0 heterocycles. The van der Waals surface area contributed by atoms with Crippen molar-refractivity contribution >= 4 is 62.3 Å². The van der Waals surface area contributed by atoms with Gasteiger partial charge < -0.3 is 10.2 Å². The molecule has 3 rings (SSSR count). The Labute approximate surface area is 251 Å². The molecule has 0 fully saturated rings. The molecule has 1 atom stereocenters. The number of carbonyl (C=O) groups is 2. The van der Waals surface area contributed by atoms with Gasteiger partial charge in [0, 0.05) is 33.7 Å². The molecule has 40 heavy (non-hydrogen) atoms. The van der Waals surface area contributed by atoms with Crippen LogP contribution in [-0.4, -0.2) is 44.3 Å². The number of anilines is 1. The Morgan fingerprint density at radius 2 is 1.57 bits per heavy atom. The van der Waals surface area contributed by atoms with E-state index in [4.69, 9.17) is 34.8 Å². The molecule has 214 valence electrons. The second-order valence-electron chi connectivity index (χ2n) is 9.30. The van der Waals surface area contributed by atoms with E-state index in [1.54, 1.807) is 62.4 Å². The summed E-state index contributed by atoms with van der Waals surface area (Å²) in [5, 5.41) is 3.83. The fourth-order valence-electron chi connectivity index (χ4n) is 3.96. The summed E-state index contributed by atoms with van der Waals surface area (Å²) in [4.78, 5) is 28.3. The predicted molar refractivity (Wildman–Crippen MR) is 162 cm³/mol. The summed E-state index contributed by atoms with van der Waals surface area (Å²) in [5.74, 6) is -0.994. The van der Waals surface area contributed by atoms with E-state index in [-0.39, 0.29) is 23.0 Å². The van der Waals surface area contributed by atoms with Crippen LogP contribution in [-0.2, 0) is 26.2 Å². The van der Waals surface area contributed by atoms with Crippen molar-refractivity contribution < 1.29 is 18.0 Å². The third-order valence-corrected chi connectivity index (χ3v) is 9.34. The number of hydrogen-bond acceptors (Lipinski definition) is 4. The number of carbonyl (C=O) groups excluding carboxylic acids is 2. The smallest absolute Gasteiger partial charge is 0.264 e. The van der Waals surface area contributed by atoms with E-state index in [0.717, 1.165) is 22.7 Å². The maximum absolute atomic E-state index is 14.0. The largest absolute Gasteiger partial charge is 0.354 e. The Balaban J connectivity index is 2.05. The molecule has 0 radical (unpaired) electrons. The van der Waals surface area contributed by atoms with Gasteiger partial charge in [0.05, 0.1) is 10.6 Å². The lowest BCUT2D eigenvalue weighted by molar-refractivity contribution is -0.139. The molecule has 1 N–H and O–H groups in total. The van der Waals surface area contributed by atoms with Gasteiger partial charge in [-0.05, 0) is 62.2 Å². The fraction of sp³-hybridized carbons (Fsp3) is 0.310. The molecule has 0 spiro atoms. The van der Waals surface area contributed by atoms with E-state index in [2.05, 4.69) is 5.32 Å². The first-order valence-electron chi connectivity index (χ1n) is 12.8. The van der Waals surface area contributed by atoms with Crippen molar-refractivity contribution in [3.8, 4) is 0 Å². The zero-order valence-electron chi connectivity index (χ0n) is 22.5. The monoisotopic (exact) mass is 623 g/mol. The van der Waals surface area contributed by atoms with E-state index in [9.17, 15) is 18.0 Å². The van der Waals surface area contributed by atoms with Crippen LogP contribution in [0.2, 0.25) is 15.1 Å². The van der Waals surface area contributed by atoms with Gasteiger partial charge in [0.25, 0.3) is 10.0 Å². The Kier molecular flexibility index (Phi) is 11.3. The molecule has 0 unspecified atom stereocenters. The average molecular weight is 625 g/mol. The van der Waals surface area contributed by atoms with Crippen LogP contribution in [0.4, 0.5) is 5.69 Å². The third kappa shape index (κ3) is 7.69. The van der Waals surface area contributed by atoms with Crippen molar-refractivity contribution in [2.24, 2.45) is 0 Å². The second-order valence-corrected chi connectivity index (χ2v) is 12.4. The minimum absolute atomic E-state index is 0.00514. The molecule has 11 heteroatoms. The fourth-order valence-corrected chi connectivity index (χ4v) is 6.08. The van der Waals surface area contributed by atoms with E-state index in [1.807, 2.05) is 6.92 Å². The van der Waals surface area contributed by atoms with E-state index < -0.39 is 28.5 Å². The molecule has 0 saturated heterocycles. The van der Waals surface area contributed by atoms with Crippen molar-refractivity contribution in [1.82, 2.24) is 10.2 Å². The van der Waals surface area contributed by atoms with Crippen LogP contribution < -0.4 is 9.62 Å². The molecule has 7 nitrogen and oxygen atoms in total. The zero-order valence-corrected chi connectivity index (χ0v) is 25.6. The molecule has 3 aromatic carbocycles. The van der Waals surface area contributed by atoms with Crippen LogP contribution in [0, 0.1) is 6.92 Å². The van der Waals surface area contributed by atoms with Crippen LogP contribution in [0.25, 0.3) is 0 Å². The van der Waals surface area contributed by atoms with Crippen LogP contribution in [0.15, 0.2) is 71.6 Å². The van der Waals surface area contributed by atoms with E-state index in [0.29, 0.717) is 27.2 Å². The molecule has 0 aromatic heterocycles. The topological polar surface area (TPSA) is 86.8 Å². The minimum Gasteiger partial charge on any atom is -0.354 e. The Hall–Kier alpha value is -2.78. The van der Waals surface area contributed by atoms with Gasteiger partial charge in [-0.2, -0.15) is 0 Å². The number of unbranched alkanes of at least 4 members (excludes halogenated alkanes) is 1. The molecule has 0 aliphatic carbocycles. The number of nitrogens with zero attached hydrogens (tertiary/aromatic N) is 2. The van der Waals surface area contributed by atoms with Crippen molar-refractivity contribution in [2.75, 3.05) is 17.4 Å². The van der Waals surface area contributed by atoms with Crippen molar-refractivity contribution in [1.29, 1.82) is 0 Å². The summed E-state index contributed by atoms with van der Waals surface area (Å²) >= 11 is 19.2. The molecule has 0 aliphatic heterocycles. The van der Waals surface area contributed by atoms with Crippen molar-refractivity contribution in [2.45, 2.75) is 51.1 Å². The van der Waals surface area contributed by atoms with E-state index >= 15 is 0 Å². The van der Waals surface area contributed by atoms with E-state index in [1.165, 1.54) is 23.1 Å². The summed E-state index contributed by atoms with van der Waals surface area (Å²) < 4.78 is 28.6. The van der Waals surface area contributed by atoms with Gasteiger partial charge in [0.1, 0.15) is 12.6 Å². The Morgan fingerprint density at radius 1 is 0.925 bits per heavy atom. The second kappa shape index (κ2) is 14.2. The summed E-state index contributed by atoms with van der Waals surface area (Å²) in [7, 11) is -4.19. The average Bonchev–Trinajstić information content (AvgIpc) is 2.93. The number of nitrogens with one attached hydrogen (secondary N) is 1. The summed E-state index contributed by atoms with van der Waals surface area (Å²) in [5.41, 5.74) is 1.41. The van der Waals surface area contributed by atoms with Gasteiger partial charge in [-0.15, -0.1) is 0 Å². The number of halogens is 3.